The average molecular weight is 267 g/mol. The third-order valence-electron chi connectivity index (χ3n) is 2.95. The van der Waals surface area contributed by atoms with E-state index in [1.54, 1.807) is 25.1 Å². The van der Waals surface area contributed by atoms with Gasteiger partial charge >= 0.3 is 5.97 Å². The molecule has 0 amide bonds. The Labute approximate surface area is 113 Å². The molecular formula is C14H21NO4. The van der Waals surface area contributed by atoms with Crippen LogP contribution in [0.5, 0.6) is 5.75 Å². The van der Waals surface area contributed by atoms with Crippen LogP contribution in [0.25, 0.3) is 0 Å². The minimum Gasteiger partial charge on any atom is -0.507 e. The van der Waals surface area contributed by atoms with Crippen molar-refractivity contribution in [3.63, 3.8) is 0 Å². The summed E-state index contributed by atoms with van der Waals surface area (Å²) in [6, 6.07) is 4.86. The molecule has 5 heteroatoms. The quantitative estimate of drug-likeness (QED) is 0.770. The lowest BCUT2D eigenvalue weighted by Gasteiger charge is -2.22. The van der Waals surface area contributed by atoms with Crippen molar-refractivity contribution in [3.05, 3.63) is 23.8 Å². The van der Waals surface area contributed by atoms with Gasteiger partial charge in [-0.05, 0) is 26.8 Å². The number of nitrogens with zero attached hydrogens (tertiary/aromatic N) is 1. The molecule has 0 bridgehead atoms. The molecule has 19 heavy (non-hydrogen) atoms. The first-order chi connectivity index (χ1) is 9.04. The van der Waals surface area contributed by atoms with Crippen molar-refractivity contribution in [1.82, 2.24) is 0 Å². The Morgan fingerprint density at radius 1 is 1.32 bits per heavy atom. The number of aliphatic hydroxyl groups is 1. The van der Waals surface area contributed by atoms with E-state index in [0.29, 0.717) is 0 Å². The molecule has 1 rings (SSSR count). The zero-order valence-corrected chi connectivity index (χ0v) is 11.6. The summed E-state index contributed by atoms with van der Waals surface area (Å²) in [6.45, 7) is 7.51. The predicted octanol–water partition coefficient (Wildman–Crippen LogP) is 1.83. The second-order valence-corrected chi connectivity index (χ2v) is 4.07. The molecule has 0 aliphatic rings. The van der Waals surface area contributed by atoms with Crippen molar-refractivity contribution in [1.29, 1.82) is 0 Å². The number of carbonyl (C=O) groups is 1. The van der Waals surface area contributed by atoms with Gasteiger partial charge in [-0.15, -0.1) is 0 Å². The van der Waals surface area contributed by atoms with Crippen molar-refractivity contribution in [2.45, 2.75) is 26.9 Å². The van der Waals surface area contributed by atoms with Gasteiger partial charge in [0.05, 0.1) is 6.61 Å². The maximum Gasteiger partial charge on any atom is 0.339 e. The van der Waals surface area contributed by atoms with Crippen molar-refractivity contribution >= 4 is 11.7 Å². The number of carbonyl (C=O) groups excluding carboxylic acids is 1. The number of anilines is 1. The van der Waals surface area contributed by atoms with E-state index in [0.717, 1.165) is 18.8 Å². The number of aliphatic hydroxyl groups excluding tert-OH is 1. The fourth-order valence-corrected chi connectivity index (χ4v) is 1.90. The Morgan fingerprint density at radius 2 is 1.95 bits per heavy atom. The van der Waals surface area contributed by atoms with Gasteiger partial charge in [0.2, 0.25) is 0 Å². The Morgan fingerprint density at radius 3 is 2.42 bits per heavy atom. The predicted molar refractivity (Wildman–Crippen MR) is 73.3 cm³/mol. The third kappa shape index (κ3) is 3.61. The molecule has 1 aromatic carbocycles. The molecule has 0 radical (unpaired) electrons. The zero-order valence-electron chi connectivity index (χ0n) is 11.6. The third-order valence-corrected chi connectivity index (χ3v) is 2.95. The zero-order chi connectivity index (χ0) is 14.4. The minimum atomic E-state index is -1.45. The van der Waals surface area contributed by atoms with Gasteiger partial charge in [0.1, 0.15) is 5.75 Å². The second-order valence-electron chi connectivity index (χ2n) is 4.07. The van der Waals surface area contributed by atoms with Gasteiger partial charge in [-0.3, -0.25) is 0 Å². The Kier molecular flexibility index (Phi) is 5.63. The lowest BCUT2D eigenvalue weighted by molar-refractivity contribution is -0.153. The SMILES string of the molecule is CCOC(=O)C(O)c1ccc(N(CC)CC)cc1O. The molecule has 0 fully saturated rings. The highest BCUT2D eigenvalue weighted by Gasteiger charge is 2.22. The number of esters is 1. The molecule has 0 saturated heterocycles. The number of hydrogen-bond donors (Lipinski definition) is 2. The summed E-state index contributed by atoms with van der Waals surface area (Å²) in [5, 5.41) is 19.7. The van der Waals surface area contributed by atoms with Crippen molar-refractivity contribution in [2.75, 3.05) is 24.6 Å². The van der Waals surface area contributed by atoms with Gasteiger partial charge in [-0.2, -0.15) is 0 Å². The Bertz CT molecular complexity index is 429. The maximum absolute atomic E-state index is 11.4. The highest BCUT2D eigenvalue weighted by molar-refractivity contribution is 5.77. The van der Waals surface area contributed by atoms with E-state index < -0.39 is 12.1 Å². The first-order valence-corrected chi connectivity index (χ1v) is 6.47. The van der Waals surface area contributed by atoms with Gasteiger partial charge in [0.15, 0.2) is 6.10 Å². The summed E-state index contributed by atoms with van der Waals surface area (Å²) in [5.74, 6) is -0.863. The summed E-state index contributed by atoms with van der Waals surface area (Å²) in [7, 11) is 0. The average Bonchev–Trinajstić information content (AvgIpc) is 2.40. The van der Waals surface area contributed by atoms with E-state index in [2.05, 4.69) is 4.90 Å². The molecule has 1 atom stereocenters. The fraction of sp³-hybridized carbons (Fsp3) is 0.500. The molecule has 1 aromatic rings. The van der Waals surface area contributed by atoms with Crippen LogP contribution in [-0.4, -0.2) is 35.9 Å². The number of phenols is 1. The molecule has 0 aromatic heterocycles. The molecular weight excluding hydrogens is 246 g/mol. The standard InChI is InChI=1S/C14H21NO4/c1-4-15(5-2)10-7-8-11(12(16)9-10)13(17)14(18)19-6-3/h7-9,13,16-17H,4-6H2,1-3H3. The minimum absolute atomic E-state index is 0.107. The van der Waals surface area contributed by atoms with Crippen LogP contribution in [0.15, 0.2) is 18.2 Å². The first-order valence-electron chi connectivity index (χ1n) is 6.47. The van der Waals surface area contributed by atoms with Crippen LogP contribution in [0, 0.1) is 0 Å². The summed E-state index contributed by atoms with van der Waals surface area (Å²) < 4.78 is 4.72. The largest absolute Gasteiger partial charge is 0.507 e. The van der Waals surface area contributed by atoms with Crippen LogP contribution in [0.3, 0.4) is 0 Å². The molecule has 1 unspecified atom stereocenters. The molecule has 0 saturated carbocycles. The smallest absolute Gasteiger partial charge is 0.339 e. The summed E-state index contributed by atoms with van der Waals surface area (Å²) >= 11 is 0. The molecule has 0 spiro atoms. The molecule has 0 heterocycles. The molecule has 5 nitrogen and oxygen atoms in total. The number of hydrogen-bond acceptors (Lipinski definition) is 5. The van der Waals surface area contributed by atoms with Gasteiger partial charge in [0.25, 0.3) is 0 Å². The highest BCUT2D eigenvalue weighted by atomic mass is 16.5. The molecule has 0 aliphatic heterocycles. The van der Waals surface area contributed by atoms with Gasteiger partial charge in [0, 0.05) is 30.4 Å². The number of phenolic OH excluding ortho intramolecular Hbond substituents is 1. The van der Waals surface area contributed by atoms with E-state index in [9.17, 15) is 15.0 Å². The number of benzene rings is 1. The van der Waals surface area contributed by atoms with Crippen molar-refractivity contribution < 1.29 is 19.7 Å². The van der Waals surface area contributed by atoms with Crippen molar-refractivity contribution in [3.8, 4) is 5.75 Å². The second kappa shape index (κ2) is 6.99. The topological polar surface area (TPSA) is 70.0 Å². The number of ether oxygens (including phenoxy) is 1. The van der Waals surface area contributed by atoms with Crippen LogP contribution < -0.4 is 4.90 Å². The summed E-state index contributed by atoms with van der Waals surface area (Å²) in [6.07, 6.45) is -1.45. The van der Waals surface area contributed by atoms with E-state index in [1.165, 1.54) is 0 Å². The first kappa shape index (κ1) is 15.3. The van der Waals surface area contributed by atoms with Gasteiger partial charge in [-0.25, -0.2) is 4.79 Å². The van der Waals surface area contributed by atoms with Gasteiger partial charge < -0.3 is 19.8 Å². The molecule has 2 N–H and O–H groups in total. The van der Waals surface area contributed by atoms with Crippen LogP contribution in [-0.2, 0) is 9.53 Å². The summed E-state index contributed by atoms with van der Waals surface area (Å²) in [4.78, 5) is 13.5. The lowest BCUT2D eigenvalue weighted by atomic mass is 10.1. The molecule has 0 aliphatic carbocycles. The van der Waals surface area contributed by atoms with Crippen LogP contribution in [0.4, 0.5) is 5.69 Å². The summed E-state index contributed by atoms with van der Waals surface area (Å²) in [5.41, 5.74) is 1.01. The van der Waals surface area contributed by atoms with Crippen molar-refractivity contribution in [2.24, 2.45) is 0 Å². The van der Waals surface area contributed by atoms with Gasteiger partial charge in [-0.1, -0.05) is 6.07 Å². The van der Waals surface area contributed by atoms with E-state index in [1.807, 2.05) is 13.8 Å². The van der Waals surface area contributed by atoms with Crippen LogP contribution in [0.2, 0.25) is 0 Å². The van der Waals surface area contributed by atoms with Crippen LogP contribution in [0.1, 0.15) is 32.4 Å². The fourth-order valence-electron chi connectivity index (χ4n) is 1.90. The monoisotopic (exact) mass is 267 g/mol. The van der Waals surface area contributed by atoms with E-state index >= 15 is 0 Å². The van der Waals surface area contributed by atoms with E-state index in [-0.39, 0.29) is 17.9 Å². The Hall–Kier alpha value is -1.75. The lowest BCUT2D eigenvalue weighted by Crippen LogP contribution is -2.22. The highest BCUT2D eigenvalue weighted by Crippen LogP contribution is 2.29. The van der Waals surface area contributed by atoms with Crippen LogP contribution >= 0.6 is 0 Å². The normalized spacial score (nSPS) is 12.0. The van der Waals surface area contributed by atoms with E-state index in [4.69, 9.17) is 4.74 Å². The Balaban J connectivity index is 2.97. The molecule has 106 valence electrons. The maximum atomic E-state index is 11.4. The number of rotatable bonds is 6. The number of aromatic hydroxyl groups is 1.